The van der Waals surface area contributed by atoms with Crippen LogP contribution in [0.3, 0.4) is 0 Å². The third kappa shape index (κ3) is 5.15. The van der Waals surface area contributed by atoms with E-state index in [2.05, 4.69) is 24.5 Å². The second kappa shape index (κ2) is 9.96. The second-order valence-electron chi connectivity index (χ2n) is 9.64. The van der Waals surface area contributed by atoms with Gasteiger partial charge in [-0.1, -0.05) is 23.2 Å². The van der Waals surface area contributed by atoms with Gasteiger partial charge in [0.2, 0.25) is 0 Å². The highest BCUT2D eigenvalue weighted by Crippen LogP contribution is 2.36. The number of benzene rings is 1. The van der Waals surface area contributed by atoms with Crippen LogP contribution in [-0.4, -0.2) is 62.1 Å². The highest BCUT2D eigenvalue weighted by atomic mass is 35.5. The summed E-state index contributed by atoms with van der Waals surface area (Å²) >= 11 is 12.6. The Balaban J connectivity index is 1.40. The minimum absolute atomic E-state index is 0.190. The third-order valence-corrected chi connectivity index (χ3v) is 7.73. The van der Waals surface area contributed by atoms with Crippen LogP contribution < -0.4 is 15.4 Å². The molecule has 3 N–H and O–H groups in total. The Hall–Kier alpha value is -2.99. The van der Waals surface area contributed by atoms with E-state index in [9.17, 15) is 4.21 Å². The fourth-order valence-electron chi connectivity index (χ4n) is 4.66. The van der Waals surface area contributed by atoms with Crippen molar-refractivity contribution in [3.05, 3.63) is 64.3 Å². The fraction of sp³-hybridized carbons (Fsp3) is 0.320. The molecule has 9 nitrogen and oxygen atoms in total. The van der Waals surface area contributed by atoms with Crippen LogP contribution in [0.2, 0.25) is 10.0 Å². The van der Waals surface area contributed by atoms with Crippen molar-refractivity contribution in [2.75, 3.05) is 37.0 Å². The molecule has 1 aromatic carbocycles. The molecule has 0 amide bonds. The van der Waals surface area contributed by atoms with Crippen LogP contribution in [0.1, 0.15) is 18.6 Å². The molecule has 1 fully saturated rings. The van der Waals surface area contributed by atoms with Gasteiger partial charge in [-0.05, 0) is 31.2 Å². The predicted molar refractivity (Wildman–Crippen MR) is 149 cm³/mol. The molecule has 0 spiro atoms. The van der Waals surface area contributed by atoms with Gasteiger partial charge in [-0.15, -0.1) is 0 Å². The van der Waals surface area contributed by atoms with Gasteiger partial charge < -0.3 is 15.4 Å². The lowest BCUT2D eigenvalue weighted by atomic mass is 9.91. The number of rotatable bonds is 7. The first kappa shape index (κ1) is 26.6. The van der Waals surface area contributed by atoms with Crippen LogP contribution in [0, 0.1) is 5.82 Å². The molecule has 0 bridgehead atoms. The van der Waals surface area contributed by atoms with Crippen LogP contribution in [0.4, 0.5) is 10.2 Å². The van der Waals surface area contributed by atoms with E-state index in [1.54, 1.807) is 29.7 Å². The van der Waals surface area contributed by atoms with Gasteiger partial charge in [-0.25, -0.2) is 13.7 Å². The van der Waals surface area contributed by atoms with Crippen molar-refractivity contribution in [2.45, 2.75) is 18.6 Å². The van der Waals surface area contributed by atoms with E-state index in [1.165, 1.54) is 18.5 Å². The average molecular weight is 579 g/mol. The molecule has 4 aromatic rings. The minimum atomic E-state index is -2.34. The molecule has 5 rings (SSSR count). The molecule has 0 radical (unpaired) electrons. The first-order valence-corrected chi connectivity index (χ1v) is 14.8. The summed E-state index contributed by atoms with van der Waals surface area (Å²) in [7, 11) is -2.34. The molecule has 38 heavy (non-hydrogen) atoms. The quantitative estimate of drug-likeness (QED) is 0.322. The molecule has 13 heteroatoms. The van der Waals surface area contributed by atoms with Gasteiger partial charge in [0.05, 0.1) is 15.6 Å². The summed E-state index contributed by atoms with van der Waals surface area (Å²) in [6.45, 7) is 2.76. The molecular weight excluding hydrogens is 552 g/mol. The van der Waals surface area contributed by atoms with Gasteiger partial charge in [0.15, 0.2) is 11.6 Å². The Morgan fingerprint density at radius 3 is 2.58 bits per heavy atom. The van der Waals surface area contributed by atoms with E-state index >= 15 is 4.39 Å². The molecule has 1 atom stereocenters. The second-order valence-corrected chi connectivity index (χ2v) is 13.0. The molecule has 3 aromatic heterocycles. The topological polar surface area (TPSA) is 122 Å². The Morgan fingerprint density at radius 1 is 1.24 bits per heavy atom. The van der Waals surface area contributed by atoms with Crippen molar-refractivity contribution in [1.29, 1.82) is 0 Å². The number of aromatic amines is 1. The van der Waals surface area contributed by atoms with Crippen molar-refractivity contribution >= 4 is 49.7 Å². The number of aromatic nitrogens is 4. The van der Waals surface area contributed by atoms with Crippen LogP contribution >= 0.6 is 23.2 Å². The average Bonchev–Trinajstić information content (AvgIpc) is 3.24. The van der Waals surface area contributed by atoms with Gasteiger partial charge in [0.25, 0.3) is 0 Å². The molecule has 1 aliphatic heterocycles. The summed E-state index contributed by atoms with van der Waals surface area (Å²) in [5.41, 5.74) is 7.65. The highest BCUT2D eigenvalue weighted by molar-refractivity contribution is 7.92. The first-order chi connectivity index (χ1) is 18.0. The summed E-state index contributed by atoms with van der Waals surface area (Å²) in [4.78, 5) is 10.1. The number of nitrogens with one attached hydrogen (secondary N) is 1. The standard InChI is InChI=1S/C25H26Cl2FN7O2S/c1-14(22-18(26)9-30-10-19(22)27)37-16-4-5-21-17(7-16)23(33-32-21)15-6-20(28)24(31-8-15)35-12-25(11-29,13-35)34-38(2,3)36/h4-10,14H,11-13,29H2,1-3H3,(H,32,33)/t14-/m1/s1. The van der Waals surface area contributed by atoms with Crippen LogP contribution in [0.5, 0.6) is 5.75 Å². The zero-order chi connectivity index (χ0) is 27.2. The molecule has 0 saturated carbocycles. The van der Waals surface area contributed by atoms with Crippen molar-refractivity contribution in [3.8, 4) is 17.0 Å². The molecule has 4 heterocycles. The maximum Gasteiger partial charge on any atom is 0.166 e. The van der Waals surface area contributed by atoms with Crippen molar-refractivity contribution < 1.29 is 13.3 Å². The molecular formula is C25H26Cl2FN7O2S. The number of anilines is 1. The zero-order valence-corrected chi connectivity index (χ0v) is 23.2. The van der Waals surface area contributed by atoms with E-state index in [-0.39, 0.29) is 12.4 Å². The van der Waals surface area contributed by atoms with E-state index in [0.717, 1.165) is 10.9 Å². The number of ether oxygens (including phenoxy) is 1. The largest absolute Gasteiger partial charge is 0.486 e. The Kier molecular flexibility index (Phi) is 6.97. The van der Waals surface area contributed by atoms with E-state index in [1.807, 2.05) is 19.1 Å². The van der Waals surface area contributed by atoms with Crippen molar-refractivity contribution in [2.24, 2.45) is 10.1 Å². The van der Waals surface area contributed by atoms with Gasteiger partial charge in [-0.3, -0.25) is 14.3 Å². The maximum absolute atomic E-state index is 15.2. The number of hydrogen-bond donors (Lipinski definition) is 2. The van der Waals surface area contributed by atoms with Crippen LogP contribution in [-0.2, 0) is 9.73 Å². The minimum Gasteiger partial charge on any atom is -0.486 e. The molecule has 0 aliphatic carbocycles. The number of nitrogens with two attached hydrogens (primary N) is 1. The molecule has 0 unspecified atom stereocenters. The lowest BCUT2D eigenvalue weighted by Gasteiger charge is -2.47. The van der Waals surface area contributed by atoms with Gasteiger partial charge in [-0.2, -0.15) is 5.10 Å². The zero-order valence-electron chi connectivity index (χ0n) is 20.9. The van der Waals surface area contributed by atoms with Gasteiger partial charge >= 0.3 is 0 Å². The number of pyridine rings is 2. The smallest absolute Gasteiger partial charge is 0.166 e. The molecule has 1 saturated heterocycles. The Morgan fingerprint density at radius 2 is 1.95 bits per heavy atom. The maximum atomic E-state index is 15.2. The SMILES string of the molecule is C[C@@H](Oc1ccc2[nH]nc(-c3cnc(N4CC(CN)(N=S(C)(C)=O)C4)c(F)c3)c2c1)c1c(Cl)cncc1Cl. The fourth-order valence-corrected chi connectivity index (χ4v) is 6.45. The lowest BCUT2D eigenvalue weighted by molar-refractivity contribution is 0.227. The summed E-state index contributed by atoms with van der Waals surface area (Å²) in [5.74, 6) is 0.254. The van der Waals surface area contributed by atoms with E-state index in [4.69, 9.17) is 33.7 Å². The van der Waals surface area contributed by atoms with Crippen molar-refractivity contribution in [3.63, 3.8) is 0 Å². The van der Waals surface area contributed by atoms with Crippen LogP contribution in [0.25, 0.3) is 22.2 Å². The molecule has 200 valence electrons. The van der Waals surface area contributed by atoms with Gasteiger partial charge in [0, 0.05) is 77.0 Å². The summed E-state index contributed by atoms with van der Waals surface area (Å²) in [6, 6.07) is 6.85. The number of hydrogen-bond acceptors (Lipinski definition) is 8. The third-order valence-electron chi connectivity index (χ3n) is 6.30. The Bertz CT molecular complexity index is 1620. The van der Waals surface area contributed by atoms with Crippen molar-refractivity contribution in [1.82, 2.24) is 20.2 Å². The molecule has 1 aliphatic rings. The summed E-state index contributed by atoms with van der Waals surface area (Å²) in [5, 5.41) is 8.91. The first-order valence-electron chi connectivity index (χ1n) is 11.7. The number of H-pyrrole nitrogens is 1. The van der Waals surface area contributed by atoms with Gasteiger partial charge in [0.1, 0.15) is 23.1 Å². The summed E-state index contributed by atoms with van der Waals surface area (Å²) < 4.78 is 37.9. The lowest BCUT2D eigenvalue weighted by Crippen LogP contribution is -2.65. The predicted octanol–water partition coefficient (Wildman–Crippen LogP) is 4.85. The van der Waals surface area contributed by atoms with E-state index in [0.29, 0.717) is 45.7 Å². The van der Waals surface area contributed by atoms with Crippen LogP contribution in [0.15, 0.2) is 47.2 Å². The normalized spacial score (nSPS) is 15.8. The Labute approximate surface area is 229 Å². The number of halogens is 3. The highest BCUT2D eigenvalue weighted by Gasteiger charge is 2.44. The summed E-state index contributed by atoms with van der Waals surface area (Å²) in [6.07, 6.45) is 7.29. The monoisotopic (exact) mass is 577 g/mol. The number of nitrogens with zero attached hydrogens (tertiary/aromatic N) is 5. The van der Waals surface area contributed by atoms with E-state index < -0.39 is 27.2 Å². The number of fused-ring (bicyclic) bond motifs is 1.